The summed E-state index contributed by atoms with van der Waals surface area (Å²) in [4.78, 5) is 56.6. The first-order valence-electron chi connectivity index (χ1n) is 3.59. The van der Waals surface area contributed by atoms with Gasteiger partial charge in [0.1, 0.15) is 22.8 Å². The van der Waals surface area contributed by atoms with Crippen LogP contribution in [0.4, 0.5) is 0 Å². The van der Waals surface area contributed by atoms with E-state index in [1.165, 1.54) is 0 Å². The third-order valence-electron chi connectivity index (χ3n) is 1.14. The molecule has 0 heterocycles. The van der Waals surface area contributed by atoms with Crippen molar-refractivity contribution in [3.63, 3.8) is 0 Å². The van der Waals surface area contributed by atoms with Gasteiger partial charge in [0.05, 0.1) is 18.9 Å². The van der Waals surface area contributed by atoms with Crippen molar-refractivity contribution in [3.8, 4) is 0 Å². The summed E-state index contributed by atoms with van der Waals surface area (Å²) in [6, 6.07) is 0. The van der Waals surface area contributed by atoms with Gasteiger partial charge in [-0.2, -0.15) is 0 Å². The van der Waals surface area contributed by atoms with Crippen LogP contribution >= 0.6 is 22.8 Å². The number of rotatable bonds is 6. The zero-order valence-electron chi connectivity index (χ0n) is 12.5. The Morgan fingerprint density at radius 2 is 0.783 bits per heavy atom. The van der Waals surface area contributed by atoms with Gasteiger partial charge in [-0.05, 0) is 0 Å². The van der Waals surface area contributed by atoms with Gasteiger partial charge in [-0.25, -0.2) is 0 Å². The average Bonchev–Trinajstić information content (AvgIpc) is 1.70. The van der Waals surface area contributed by atoms with E-state index >= 15 is 0 Å². The molecule has 0 fully saturated rings. The Kier molecular flexibility index (Phi) is 45.1. The zero-order chi connectivity index (χ0) is 13.2. The Hall–Kier alpha value is 3.81. The summed E-state index contributed by atoms with van der Waals surface area (Å²) in [5.74, 6) is 0. The first-order valence-corrected chi connectivity index (χ1v) is 8.88. The maximum absolute atomic E-state index is 10.4. The minimum atomic E-state index is -4.96. The normalized spacial score (nSPS) is 16.3. The third-order valence-corrected chi connectivity index (χ3v) is 3.41. The molecule has 0 aliphatic heterocycles. The molecule has 0 saturated heterocycles. The molecule has 0 aromatic carbocycles. The maximum Gasteiger partial charge on any atom is 1.00 e. The predicted octanol–water partition coefficient (Wildman–Crippen LogP) is -14.7. The molecule has 1 radical (unpaired) electrons. The molecule has 0 aliphatic carbocycles. The summed E-state index contributed by atoms with van der Waals surface area (Å²) in [7, 11) is -14.9. The molecule has 0 amide bonds. The molecule has 3 unspecified atom stereocenters. The largest absolute Gasteiger partial charge is 1.00 e. The second-order valence-corrected chi connectivity index (χ2v) is 7.68. The van der Waals surface area contributed by atoms with Crippen LogP contribution in [-0.2, 0) is 30.8 Å². The summed E-state index contributed by atoms with van der Waals surface area (Å²) in [5, 5.41) is 0. The molecular weight excluding hydrogens is 467 g/mol. The van der Waals surface area contributed by atoms with Crippen LogP contribution in [0.15, 0.2) is 0 Å². The molecule has 0 aromatic rings. The SMILES string of the molecule is O.O.O.O=P([O-])(O)CN(CP(=O)([O-])O)CP(=O)([O-])O.[Cu].[Na+].[Na+].[Na+]. The molecule has 0 spiro atoms. The quantitative estimate of drug-likeness (QED) is 0.237. The smallest absolute Gasteiger partial charge is 0.778 e. The Labute approximate surface area is 209 Å². The first kappa shape index (κ1) is 50.5. The van der Waals surface area contributed by atoms with E-state index < -0.39 is 41.6 Å². The van der Waals surface area contributed by atoms with Crippen LogP contribution in [0.5, 0.6) is 0 Å². The average molecular weight is 483 g/mol. The maximum atomic E-state index is 10.4. The van der Waals surface area contributed by atoms with Crippen LogP contribution in [0.3, 0.4) is 0 Å². The van der Waals surface area contributed by atoms with Gasteiger partial charge in [0.25, 0.3) is 0 Å². The molecule has 133 valence electrons. The van der Waals surface area contributed by atoms with Crippen LogP contribution in [0.25, 0.3) is 0 Å². The minimum absolute atomic E-state index is 0. The Morgan fingerprint density at radius 3 is 0.870 bits per heavy atom. The van der Waals surface area contributed by atoms with Gasteiger partial charge in [0, 0.05) is 17.1 Å². The van der Waals surface area contributed by atoms with Gasteiger partial charge < -0.3 is 59.5 Å². The summed E-state index contributed by atoms with van der Waals surface area (Å²) in [6.07, 6.45) is -3.98. The Morgan fingerprint density at radius 1 is 0.652 bits per heavy atom. The molecule has 0 aromatic heterocycles. The predicted molar refractivity (Wildman–Crippen MR) is 56.8 cm³/mol. The summed E-state index contributed by atoms with van der Waals surface area (Å²) >= 11 is 0. The Bertz CT molecular complexity index is 326. The van der Waals surface area contributed by atoms with E-state index in [1.54, 1.807) is 0 Å². The topological polar surface area (TPSA) is 279 Å². The molecule has 3 atom stereocenters. The van der Waals surface area contributed by atoms with Crippen molar-refractivity contribution in [2.45, 2.75) is 0 Å². The van der Waals surface area contributed by atoms with Crippen molar-refractivity contribution in [1.82, 2.24) is 4.90 Å². The number of hydrogen-bond donors (Lipinski definition) is 3. The fourth-order valence-electron chi connectivity index (χ4n) is 0.892. The van der Waals surface area contributed by atoms with Gasteiger partial charge in [-0.3, -0.25) is 4.90 Å². The van der Waals surface area contributed by atoms with E-state index in [1.807, 2.05) is 0 Å². The van der Waals surface area contributed by atoms with E-state index in [0.717, 1.165) is 0 Å². The van der Waals surface area contributed by atoms with Gasteiger partial charge >= 0.3 is 88.7 Å². The molecule has 9 N–H and O–H groups in total. The first-order chi connectivity index (χ1) is 6.79. The van der Waals surface area contributed by atoms with Crippen LogP contribution < -0.4 is 103 Å². The van der Waals surface area contributed by atoms with Crippen molar-refractivity contribution in [2.75, 3.05) is 18.9 Å². The molecule has 13 nitrogen and oxygen atoms in total. The van der Waals surface area contributed by atoms with Crippen LogP contribution in [-0.4, -0.2) is 54.9 Å². The van der Waals surface area contributed by atoms with Crippen molar-refractivity contribution in [2.24, 2.45) is 0 Å². The summed E-state index contributed by atoms with van der Waals surface area (Å²) < 4.78 is 31.2. The van der Waals surface area contributed by atoms with Crippen LogP contribution in [0.2, 0.25) is 0 Å². The van der Waals surface area contributed by atoms with Gasteiger partial charge in [-0.1, -0.05) is 0 Å². The molecule has 0 bridgehead atoms. The summed E-state index contributed by atoms with van der Waals surface area (Å²) in [6.45, 7) is 0. The van der Waals surface area contributed by atoms with E-state index in [4.69, 9.17) is 14.7 Å². The summed E-state index contributed by atoms with van der Waals surface area (Å²) in [5.41, 5.74) is 0. The molecular formula is C3H15CuNNa3O12P3. The van der Waals surface area contributed by atoms with Crippen molar-refractivity contribution in [1.29, 1.82) is 0 Å². The molecule has 20 heteroatoms. The van der Waals surface area contributed by atoms with Crippen molar-refractivity contribution in [3.05, 3.63) is 0 Å². The molecule has 0 rings (SSSR count). The van der Waals surface area contributed by atoms with Gasteiger partial charge in [-0.15, -0.1) is 0 Å². The standard InChI is InChI=1S/C3H12NO9P3.Cu.3Na.3H2O/c5-14(6,7)1-4(2-15(8,9)10)3-16(11,12)13;;;;;;;/h1-3H2,(H2,5,6,7)(H2,8,9,10)(H2,11,12,13);;;;;3*1H2/q;;3*+1;;;/p-3. The Balaban J connectivity index is -0.0000000536. The minimum Gasteiger partial charge on any atom is -0.778 e. The second kappa shape index (κ2) is 20.5. The molecule has 0 aliphatic rings. The van der Waals surface area contributed by atoms with E-state index in [9.17, 15) is 28.4 Å². The van der Waals surface area contributed by atoms with Crippen LogP contribution in [0.1, 0.15) is 0 Å². The van der Waals surface area contributed by atoms with E-state index in [2.05, 4.69) is 0 Å². The van der Waals surface area contributed by atoms with Crippen LogP contribution in [0, 0.1) is 0 Å². The number of hydrogen-bond acceptors (Lipinski definition) is 7. The second-order valence-electron chi connectivity index (χ2n) is 3.01. The molecule has 23 heavy (non-hydrogen) atoms. The monoisotopic (exact) mass is 482 g/mol. The van der Waals surface area contributed by atoms with Crippen molar-refractivity contribution < 1.29 is 165 Å². The fraction of sp³-hybridized carbons (Fsp3) is 1.00. The van der Waals surface area contributed by atoms with Gasteiger partial charge in [0.15, 0.2) is 0 Å². The number of nitrogens with zero attached hydrogens (tertiary/aromatic N) is 1. The van der Waals surface area contributed by atoms with Crippen molar-refractivity contribution >= 4 is 22.8 Å². The van der Waals surface area contributed by atoms with E-state index in [-0.39, 0.29) is 127 Å². The fourth-order valence-corrected chi connectivity index (χ4v) is 3.48. The molecule has 0 saturated carbocycles. The van der Waals surface area contributed by atoms with E-state index in [0.29, 0.717) is 0 Å². The van der Waals surface area contributed by atoms with Gasteiger partial charge in [0.2, 0.25) is 0 Å². The zero-order valence-corrected chi connectivity index (χ0v) is 22.1. The third kappa shape index (κ3) is 41.4.